The molecule has 0 saturated heterocycles. The van der Waals surface area contributed by atoms with Crippen LogP contribution in [0.4, 0.5) is 5.69 Å². The number of carbonyl (C=O) groups is 1. The van der Waals surface area contributed by atoms with Crippen LogP contribution in [0.2, 0.25) is 5.02 Å². The highest BCUT2D eigenvalue weighted by molar-refractivity contribution is 6.32. The van der Waals surface area contributed by atoms with Gasteiger partial charge in [0.1, 0.15) is 11.5 Å². The summed E-state index contributed by atoms with van der Waals surface area (Å²) in [6, 6.07) is 13.3. The van der Waals surface area contributed by atoms with Crippen molar-refractivity contribution in [2.75, 3.05) is 32.6 Å². The van der Waals surface area contributed by atoms with Gasteiger partial charge in [-0.1, -0.05) is 23.7 Å². The van der Waals surface area contributed by atoms with Crippen LogP contribution in [0.3, 0.4) is 0 Å². The van der Waals surface area contributed by atoms with Crippen molar-refractivity contribution in [3.8, 4) is 11.5 Å². The van der Waals surface area contributed by atoms with Crippen LogP contribution in [0.1, 0.15) is 12.0 Å². The fourth-order valence-electron chi connectivity index (χ4n) is 2.36. The molecule has 0 spiro atoms. The summed E-state index contributed by atoms with van der Waals surface area (Å²) in [5.41, 5.74) is 1.99. The van der Waals surface area contributed by atoms with E-state index < -0.39 is 0 Å². The summed E-state index contributed by atoms with van der Waals surface area (Å²) in [6.07, 6.45) is 1.16. The molecule has 1 amide bonds. The van der Waals surface area contributed by atoms with Gasteiger partial charge in [0.05, 0.1) is 19.2 Å². The highest BCUT2D eigenvalue weighted by Gasteiger charge is 2.04. The number of anilines is 1. The Morgan fingerprint density at radius 2 is 1.92 bits per heavy atom. The minimum atomic E-state index is 0.00926. The molecule has 2 N–H and O–H groups in total. The number of amides is 1. The first kappa shape index (κ1) is 18.9. The molecule has 0 aliphatic heterocycles. The van der Waals surface area contributed by atoms with Crippen LogP contribution in [0.25, 0.3) is 0 Å². The summed E-state index contributed by atoms with van der Waals surface area (Å²) in [7, 11) is 3.22. The molecule has 2 aromatic carbocycles. The molecule has 0 atom stereocenters. The van der Waals surface area contributed by atoms with Crippen LogP contribution < -0.4 is 20.1 Å². The van der Waals surface area contributed by atoms with E-state index in [9.17, 15) is 4.79 Å². The van der Waals surface area contributed by atoms with Crippen molar-refractivity contribution in [3.63, 3.8) is 0 Å². The Kier molecular flexibility index (Phi) is 7.41. The quantitative estimate of drug-likeness (QED) is 0.716. The van der Waals surface area contributed by atoms with Gasteiger partial charge in [-0.05, 0) is 42.3 Å². The van der Waals surface area contributed by atoms with Gasteiger partial charge in [-0.3, -0.25) is 4.79 Å². The molecule has 0 aliphatic carbocycles. The van der Waals surface area contributed by atoms with Crippen LogP contribution in [0.15, 0.2) is 42.5 Å². The van der Waals surface area contributed by atoms with Crippen molar-refractivity contribution in [2.24, 2.45) is 0 Å². The molecule has 0 unspecified atom stereocenters. The SMILES string of the molecule is COc1cccc(CCNC(=O)CCNc2ccc(OC)c(Cl)c2)c1. The van der Waals surface area contributed by atoms with Crippen molar-refractivity contribution in [1.29, 1.82) is 0 Å². The van der Waals surface area contributed by atoms with Gasteiger partial charge in [0.2, 0.25) is 5.91 Å². The molecule has 0 bridgehead atoms. The maximum atomic E-state index is 11.9. The van der Waals surface area contributed by atoms with Gasteiger partial charge in [0.15, 0.2) is 0 Å². The fraction of sp³-hybridized carbons (Fsp3) is 0.316. The lowest BCUT2D eigenvalue weighted by molar-refractivity contribution is -0.120. The number of ether oxygens (including phenoxy) is 2. The highest BCUT2D eigenvalue weighted by atomic mass is 35.5. The fourth-order valence-corrected chi connectivity index (χ4v) is 2.62. The smallest absolute Gasteiger partial charge is 0.221 e. The van der Waals surface area contributed by atoms with E-state index in [-0.39, 0.29) is 5.91 Å². The van der Waals surface area contributed by atoms with Gasteiger partial charge in [-0.25, -0.2) is 0 Å². The molecule has 2 rings (SSSR count). The van der Waals surface area contributed by atoms with E-state index in [1.54, 1.807) is 26.4 Å². The lowest BCUT2D eigenvalue weighted by Crippen LogP contribution is -2.27. The zero-order valence-electron chi connectivity index (χ0n) is 14.5. The van der Waals surface area contributed by atoms with E-state index >= 15 is 0 Å². The molecule has 2 aromatic rings. The third kappa shape index (κ3) is 6.19. The number of carbonyl (C=O) groups excluding carboxylic acids is 1. The number of methoxy groups -OCH3 is 2. The molecule has 134 valence electrons. The van der Waals surface area contributed by atoms with E-state index in [2.05, 4.69) is 10.6 Å². The number of hydrogen-bond donors (Lipinski definition) is 2. The molecule has 0 aromatic heterocycles. The predicted molar refractivity (Wildman–Crippen MR) is 101 cm³/mol. The monoisotopic (exact) mass is 362 g/mol. The second-order valence-corrected chi connectivity index (χ2v) is 5.88. The first-order valence-electron chi connectivity index (χ1n) is 8.09. The summed E-state index contributed by atoms with van der Waals surface area (Å²) in [5, 5.41) is 6.63. The lowest BCUT2D eigenvalue weighted by atomic mass is 10.1. The van der Waals surface area contributed by atoms with Crippen molar-refractivity contribution in [3.05, 3.63) is 53.1 Å². The lowest BCUT2D eigenvalue weighted by Gasteiger charge is -2.10. The second-order valence-electron chi connectivity index (χ2n) is 5.48. The first-order chi connectivity index (χ1) is 12.1. The Morgan fingerprint density at radius 3 is 2.64 bits per heavy atom. The maximum absolute atomic E-state index is 11.9. The van der Waals surface area contributed by atoms with Crippen LogP contribution in [-0.4, -0.2) is 33.2 Å². The Balaban J connectivity index is 1.67. The highest BCUT2D eigenvalue weighted by Crippen LogP contribution is 2.27. The van der Waals surface area contributed by atoms with E-state index in [1.807, 2.05) is 30.3 Å². The molecule has 5 nitrogen and oxygen atoms in total. The second kappa shape index (κ2) is 9.79. The Hall–Kier alpha value is -2.40. The number of halogens is 1. The van der Waals surface area contributed by atoms with Crippen molar-refractivity contribution >= 4 is 23.2 Å². The minimum absolute atomic E-state index is 0.00926. The van der Waals surface area contributed by atoms with Crippen molar-refractivity contribution < 1.29 is 14.3 Å². The molecule has 0 aliphatic rings. The Morgan fingerprint density at radius 1 is 1.08 bits per heavy atom. The van der Waals surface area contributed by atoms with Crippen molar-refractivity contribution in [1.82, 2.24) is 5.32 Å². The molecule has 6 heteroatoms. The number of hydrogen-bond acceptors (Lipinski definition) is 4. The zero-order valence-corrected chi connectivity index (χ0v) is 15.2. The zero-order chi connectivity index (χ0) is 18.1. The summed E-state index contributed by atoms with van der Waals surface area (Å²) in [5.74, 6) is 1.46. The number of benzene rings is 2. The average Bonchev–Trinajstić information content (AvgIpc) is 2.62. The van der Waals surface area contributed by atoms with E-state index in [1.165, 1.54) is 0 Å². The summed E-state index contributed by atoms with van der Waals surface area (Å²) in [4.78, 5) is 11.9. The molecule has 0 saturated carbocycles. The molecule has 0 radical (unpaired) electrons. The molecule has 25 heavy (non-hydrogen) atoms. The third-order valence-corrected chi connectivity index (χ3v) is 4.00. The van der Waals surface area contributed by atoms with Crippen LogP contribution in [-0.2, 0) is 11.2 Å². The van der Waals surface area contributed by atoms with Crippen LogP contribution in [0.5, 0.6) is 11.5 Å². The van der Waals surface area contributed by atoms with Gasteiger partial charge in [-0.2, -0.15) is 0 Å². The summed E-state index contributed by atoms with van der Waals surface area (Å²) in [6.45, 7) is 1.13. The van der Waals surface area contributed by atoms with E-state index in [0.29, 0.717) is 30.3 Å². The molecular weight excluding hydrogens is 340 g/mol. The Bertz CT molecular complexity index is 707. The maximum Gasteiger partial charge on any atom is 0.221 e. The van der Waals surface area contributed by atoms with Gasteiger partial charge in [-0.15, -0.1) is 0 Å². The standard InChI is InChI=1S/C19H23ClN2O3/c1-24-16-5-3-4-14(12-16)8-10-22-19(23)9-11-21-15-6-7-18(25-2)17(20)13-15/h3-7,12-13,21H,8-11H2,1-2H3,(H,22,23). The summed E-state index contributed by atoms with van der Waals surface area (Å²) < 4.78 is 10.3. The number of nitrogens with one attached hydrogen (secondary N) is 2. The van der Waals surface area contributed by atoms with Crippen LogP contribution in [0, 0.1) is 0 Å². The topological polar surface area (TPSA) is 59.6 Å². The first-order valence-corrected chi connectivity index (χ1v) is 8.47. The minimum Gasteiger partial charge on any atom is -0.497 e. The number of rotatable bonds is 9. The molecule has 0 heterocycles. The average molecular weight is 363 g/mol. The van der Waals surface area contributed by atoms with Crippen molar-refractivity contribution in [2.45, 2.75) is 12.8 Å². The third-order valence-electron chi connectivity index (χ3n) is 3.70. The van der Waals surface area contributed by atoms with Gasteiger partial charge < -0.3 is 20.1 Å². The van der Waals surface area contributed by atoms with Gasteiger partial charge in [0.25, 0.3) is 0 Å². The molecule has 0 fully saturated rings. The van der Waals surface area contributed by atoms with Gasteiger partial charge >= 0.3 is 0 Å². The molecular formula is C19H23ClN2O3. The van der Waals surface area contributed by atoms with E-state index in [4.69, 9.17) is 21.1 Å². The Labute approximate surface area is 153 Å². The van der Waals surface area contributed by atoms with Crippen LogP contribution >= 0.6 is 11.6 Å². The van der Waals surface area contributed by atoms with Gasteiger partial charge in [0, 0.05) is 25.2 Å². The normalized spacial score (nSPS) is 10.2. The largest absolute Gasteiger partial charge is 0.497 e. The summed E-state index contributed by atoms with van der Waals surface area (Å²) >= 11 is 6.07. The van der Waals surface area contributed by atoms with E-state index in [0.717, 1.165) is 23.4 Å². The predicted octanol–water partition coefficient (Wildman–Crippen LogP) is 3.52.